The topological polar surface area (TPSA) is 49.8 Å². The molecule has 4 heteroatoms. The number of carboxylic acids is 1. The van der Waals surface area contributed by atoms with Crippen LogP contribution in [0.4, 0.5) is 0 Å². The summed E-state index contributed by atoms with van der Waals surface area (Å²) in [6.45, 7) is 5.07. The quantitative estimate of drug-likeness (QED) is 0.591. The van der Waals surface area contributed by atoms with Crippen molar-refractivity contribution in [2.24, 2.45) is 5.92 Å². The Balaban J connectivity index is 2.16. The minimum atomic E-state index is -0.748. The van der Waals surface area contributed by atoms with Gasteiger partial charge in [0.15, 0.2) is 0 Å². The number of aliphatic carboxylic acids is 1. The molecular formula is C10H19NO3. The fourth-order valence-electron chi connectivity index (χ4n) is 1.43. The summed E-state index contributed by atoms with van der Waals surface area (Å²) in [4.78, 5) is 12.5. The third-order valence-electron chi connectivity index (χ3n) is 2.33. The minimum absolute atomic E-state index is 0.142. The molecule has 1 saturated carbocycles. The van der Waals surface area contributed by atoms with Crippen molar-refractivity contribution in [3.8, 4) is 0 Å². The summed E-state index contributed by atoms with van der Waals surface area (Å²) in [5.41, 5.74) is 0. The molecule has 0 aromatic heterocycles. The van der Waals surface area contributed by atoms with E-state index in [4.69, 9.17) is 9.84 Å². The second-order valence-corrected chi connectivity index (χ2v) is 3.77. The molecule has 0 aromatic rings. The number of hydrogen-bond donors (Lipinski definition) is 1. The first-order chi connectivity index (χ1) is 6.72. The summed E-state index contributed by atoms with van der Waals surface area (Å²) >= 11 is 0. The maximum Gasteiger partial charge on any atom is 0.317 e. The third kappa shape index (κ3) is 5.19. The maximum atomic E-state index is 10.6. The molecule has 0 aliphatic heterocycles. The summed E-state index contributed by atoms with van der Waals surface area (Å²) in [6.07, 6.45) is 2.51. The number of nitrogens with zero attached hydrogens (tertiary/aromatic N) is 1. The van der Waals surface area contributed by atoms with E-state index in [2.05, 4.69) is 0 Å². The van der Waals surface area contributed by atoms with Crippen LogP contribution in [-0.4, -0.2) is 48.8 Å². The van der Waals surface area contributed by atoms with E-state index in [9.17, 15) is 4.79 Å². The molecule has 1 N–H and O–H groups in total. The summed E-state index contributed by atoms with van der Waals surface area (Å²) in [5, 5.41) is 8.69. The first-order valence-electron chi connectivity index (χ1n) is 5.24. The van der Waals surface area contributed by atoms with Crippen LogP contribution in [0.15, 0.2) is 0 Å². The van der Waals surface area contributed by atoms with Crippen LogP contribution < -0.4 is 0 Å². The fourth-order valence-corrected chi connectivity index (χ4v) is 1.43. The average Bonchev–Trinajstić information content (AvgIpc) is 2.87. The van der Waals surface area contributed by atoms with Gasteiger partial charge < -0.3 is 9.84 Å². The Kier molecular flexibility index (Phi) is 4.90. The molecule has 0 heterocycles. The van der Waals surface area contributed by atoms with E-state index >= 15 is 0 Å². The lowest BCUT2D eigenvalue weighted by molar-refractivity contribution is -0.138. The number of rotatable bonds is 8. The van der Waals surface area contributed by atoms with Crippen LogP contribution in [0.3, 0.4) is 0 Å². The van der Waals surface area contributed by atoms with Gasteiger partial charge in [-0.1, -0.05) is 0 Å². The van der Waals surface area contributed by atoms with E-state index in [1.807, 2.05) is 11.8 Å². The molecular weight excluding hydrogens is 182 g/mol. The van der Waals surface area contributed by atoms with Crippen molar-refractivity contribution in [3.63, 3.8) is 0 Å². The van der Waals surface area contributed by atoms with Crippen molar-refractivity contribution in [2.75, 3.05) is 32.8 Å². The first kappa shape index (κ1) is 11.5. The molecule has 0 spiro atoms. The van der Waals surface area contributed by atoms with Crippen LogP contribution in [0, 0.1) is 5.92 Å². The predicted molar refractivity (Wildman–Crippen MR) is 53.3 cm³/mol. The number of carbonyl (C=O) groups is 1. The molecule has 0 atom stereocenters. The molecule has 0 aromatic carbocycles. The monoisotopic (exact) mass is 201 g/mol. The molecule has 0 amide bonds. The Morgan fingerprint density at radius 2 is 2.29 bits per heavy atom. The summed E-state index contributed by atoms with van der Waals surface area (Å²) in [6, 6.07) is 0. The Hall–Kier alpha value is -0.610. The van der Waals surface area contributed by atoms with Crippen LogP contribution in [0.2, 0.25) is 0 Å². The van der Waals surface area contributed by atoms with Gasteiger partial charge in [0, 0.05) is 19.7 Å². The fraction of sp³-hybridized carbons (Fsp3) is 0.900. The molecule has 1 aliphatic carbocycles. The van der Waals surface area contributed by atoms with Crippen LogP contribution in [0.5, 0.6) is 0 Å². The SMILES string of the molecule is CCOCCN(CC(=O)O)CC1CC1. The average molecular weight is 201 g/mol. The zero-order valence-corrected chi connectivity index (χ0v) is 8.74. The molecule has 1 aliphatic rings. The molecule has 0 saturated heterocycles. The van der Waals surface area contributed by atoms with Crippen molar-refractivity contribution >= 4 is 5.97 Å². The highest BCUT2D eigenvalue weighted by molar-refractivity contribution is 5.69. The Bertz CT molecular complexity index is 180. The lowest BCUT2D eigenvalue weighted by Gasteiger charge is -2.19. The van der Waals surface area contributed by atoms with Gasteiger partial charge in [-0.3, -0.25) is 9.69 Å². The van der Waals surface area contributed by atoms with E-state index in [0.717, 1.165) is 19.0 Å². The Morgan fingerprint density at radius 3 is 2.79 bits per heavy atom. The molecule has 0 unspecified atom stereocenters. The van der Waals surface area contributed by atoms with Gasteiger partial charge in [-0.05, 0) is 25.7 Å². The second-order valence-electron chi connectivity index (χ2n) is 3.77. The van der Waals surface area contributed by atoms with Gasteiger partial charge in [-0.15, -0.1) is 0 Å². The van der Waals surface area contributed by atoms with Crippen LogP contribution in [0.1, 0.15) is 19.8 Å². The molecule has 1 fully saturated rings. The smallest absolute Gasteiger partial charge is 0.317 e. The van der Waals surface area contributed by atoms with Crippen LogP contribution >= 0.6 is 0 Å². The van der Waals surface area contributed by atoms with E-state index < -0.39 is 5.97 Å². The standard InChI is InChI=1S/C10H19NO3/c1-2-14-6-5-11(8-10(12)13)7-9-3-4-9/h9H,2-8H2,1H3,(H,12,13). The van der Waals surface area contributed by atoms with Crippen LogP contribution in [0.25, 0.3) is 0 Å². The lowest BCUT2D eigenvalue weighted by atomic mass is 10.3. The number of ether oxygens (including phenoxy) is 1. The van der Waals surface area contributed by atoms with E-state index in [1.54, 1.807) is 0 Å². The van der Waals surface area contributed by atoms with E-state index in [1.165, 1.54) is 12.8 Å². The molecule has 0 bridgehead atoms. The van der Waals surface area contributed by atoms with E-state index in [0.29, 0.717) is 13.2 Å². The maximum absolute atomic E-state index is 10.6. The zero-order valence-electron chi connectivity index (χ0n) is 8.74. The summed E-state index contributed by atoms with van der Waals surface area (Å²) in [5.74, 6) is -0.0156. The van der Waals surface area contributed by atoms with Crippen molar-refractivity contribution in [1.29, 1.82) is 0 Å². The van der Waals surface area contributed by atoms with Crippen molar-refractivity contribution in [3.05, 3.63) is 0 Å². The largest absolute Gasteiger partial charge is 0.480 e. The highest BCUT2D eigenvalue weighted by atomic mass is 16.5. The normalized spacial score (nSPS) is 16.1. The van der Waals surface area contributed by atoms with E-state index in [-0.39, 0.29) is 6.54 Å². The third-order valence-corrected chi connectivity index (χ3v) is 2.33. The second kappa shape index (κ2) is 5.98. The highest BCUT2D eigenvalue weighted by Gasteiger charge is 2.24. The van der Waals surface area contributed by atoms with Crippen molar-refractivity contribution in [1.82, 2.24) is 4.90 Å². The van der Waals surface area contributed by atoms with Gasteiger partial charge in [0.1, 0.15) is 0 Å². The number of hydrogen-bond acceptors (Lipinski definition) is 3. The highest BCUT2D eigenvalue weighted by Crippen LogP contribution is 2.29. The van der Waals surface area contributed by atoms with Crippen molar-refractivity contribution in [2.45, 2.75) is 19.8 Å². The molecule has 82 valence electrons. The minimum Gasteiger partial charge on any atom is -0.480 e. The molecule has 14 heavy (non-hydrogen) atoms. The van der Waals surface area contributed by atoms with Gasteiger partial charge in [-0.2, -0.15) is 0 Å². The number of carboxylic acid groups (broad SMARTS) is 1. The summed E-state index contributed by atoms with van der Waals surface area (Å²) in [7, 11) is 0. The van der Waals surface area contributed by atoms with Gasteiger partial charge in [-0.25, -0.2) is 0 Å². The molecule has 1 rings (SSSR count). The van der Waals surface area contributed by atoms with Gasteiger partial charge in [0.2, 0.25) is 0 Å². The first-order valence-corrected chi connectivity index (χ1v) is 5.24. The molecule has 4 nitrogen and oxygen atoms in total. The Morgan fingerprint density at radius 1 is 1.57 bits per heavy atom. The lowest BCUT2D eigenvalue weighted by Crippen LogP contribution is -2.34. The van der Waals surface area contributed by atoms with Gasteiger partial charge in [0.05, 0.1) is 13.2 Å². The van der Waals surface area contributed by atoms with Crippen LogP contribution in [-0.2, 0) is 9.53 Å². The predicted octanol–water partition coefficient (Wildman–Crippen LogP) is 0.819. The van der Waals surface area contributed by atoms with Crippen molar-refractivity contribution < 1.29 is 14.6 Å². The Labute approximate surface area is 84.8 Å². The zero-order chi connectivity index (χ0) is 10.4. The van der Waals surface area contributed by atoms with Gasteiger partial charge in [0.25, 0.3) is 0 Å². The van der Waals surface area contributed by atoms with Gasteiger partial charge >= 0.3 is 5.97 Å². The molecule has 0 radical (unpaired) electrons. The summed E-state index contributed by atoms with van der Waals surface area (Å²) < 4.78 is 5.21.